The number of methoxy groups -OCH3 is 1. The van der Waals surface area contributed by atoms with E-state index in [4.69, 9.17) is 22.7 Å². The van der Waals surface area contributed by atoms with Crippen LogP contribution >= 0.6 is 12.2 Å². The third kappa shape index (κ3) is 3.49. The van der Waals surface area contributed by atoms with Crippen LogP contribution in [0.1, 0.15) is 43.7 Å². The summed E-state index contributed by atoms with van der Waals surface area (Å²) < 4.78 is 5.21. The van der Waals surface area contributed by atoms with Gasteiger partial charge in [0.05, 0.1) is 18.1 Å². The molecule has 0 aromatic heterocycles. The lowest BCUT2D eigenvalue weighted by Gasteiger charge is -2.37. The third-order valence-electron chi connectivity index (χ3n) is 4.26. The van der Waals surface area contributed by atoms with Gasteiger partial charge in [0.2, 0.25) is 0 Å². The fraction of sp³-hybridized carbons (Fsp3) is 0.562. The molecule has 1 aromatic carbocycles. The Morgan fingerprint density at radius 1 is 1.25 bits per heavy atom. The molecule has 3 nitrogen and oxygen atoms in total. The molecular weight excluding hydrogens is 268 g/mol. The van der Waals surface area contributed by atoms with Gasteiger partial charge in [-0.1, -0.05) is 43.6 Å². The van der Waals surface area contributed by atoms with Crippen molar-refractivity contribution in [2.75, 3.05) is 14.2 Å². The van der Waals surface area contributed by atoms with Crippen LogP contribution in [-0.4, -0.2) is 30.1 Å². The Hall–Kier alpha value is -1.13. The number of hydrogen-bond acceptors (Lipinski definition) is 3. The van der Waals surface area contributed by atoms with Crippen LogP contribution in [0.2, 0.25) is 0 Å². The maximum Gasteiger partial charge on any atom is 0.118 e. The molecule has 2 rings (SSSR count). The summed E-state index contributed by atoms with van der Waals surface area (Å²) in [5.74, 6) is 0.857. The number of rotatable bonds is 5. The predicted molar refractivity (Wildman–Crippen MR) is 87.2 cm³/mol. The highest BCUT2D eigenvalue weighted by Crippen LogP contribution is 2.30. The standard InChI is InChI=1S/C16H24N2OS/c1-18(13-6-4-3-5-7-13)15(16(17)20)12-8-10-14(19-2)11-9-12/h8-11,13,15H,3-7H2,1-2H3,(H2,17,20). The van der Waals surface area contributed by atoms with Gasteiger partial charge < -0.3 is 10.5 Å². The molecule has 0 bridgehead atoms. The molecule has 20 heavy (non-hydrogen) atoms. The fourth-order valence-electron chi connectivity index (χ4n) is 3.09. The van der Waals surface area contributed by atoms with Crippen molar-refractivity contribution in [1.29, 1.82) is 0 Å². The van der Waals surface area contributed by atoms with Crippen LogP contribution in [-0.2, 0) is 0 Å². The average Bonchev–Trinajstić information content (AvgIpc) is 2.48. The summed E-state index contributed by atoms with van der Waals surface area (Å²) in [6.07, 6.45) is 6.45. The summed E-state index contributed by atoms with van der Waals surface area (Å²) >= 11 is 5.31. The molecule has 1 aliphatic rings. The smallest absolute Gasteiger partial charge is 0.118 e. The summed E-state index contributed by atoms with van der Waals surface area (Å²) in [5.41, 5.74) is 7.15. The first-order valence-corrected chi connectivity index (χ1v) is 7.69. The lowest BCUT2D eigenvalue weighted by molar-refractivity contribution is 0.170. The van der Waals surface area contributed by atoms with Gasteiger partial charge in [0.1, 0.15) is 5.75 Å². The molecule has 4 heteroatoms. The number of nitrogens with two attached hydrogens (primary N) is 1. The second-order valence-corrected chi connectivity index (χ2v) is 6.01. The minimum absolute atomic E-state index is 0.0130. The molecule has 1 atom stereocenters. The molecule has 0 aliphatic heterocycles. The van der Waals surface area contributed by atoms with Gasteiger partial charge in [-0.3, -0.25) is 4.90 Å². The fourth-order valence-corrected chi connectivity index (χ4v) is 3.39. The minimum atomic E-state index is 0.0130. The average molecular weight is 292 g/mol. The quantitative estimate of drug-likeness (QED) is 0.845. The Balaban J connectivity index is 2.18. The Kier molecular flexibility index (Phi) is 5.38. The van der Waals surface area contributed by atoms with Crippen molar-refractivity contribution in [3.8, 4) is 5.75 Å². The van der Waals surface area contributed by atoms with E-state index in [1.807, 2.05) is 12.1 Å². The van der Waals surface area contributed by atoms with Crippen LogP contribution in [0.15, 0.2) is 24.3 Å². The molecule has 1 fully saturated rings. The molecule has 0 heterocycles. The largest absolute Gasteiger partial charge is 0.497 e. The van der Waals surface area contributed by atoms with Crippen LogP contribution in [0, 0.1) is 0 Å². The van der Waals surface area contributed by atoms with Crippen molar-refractivity contribution in [2.45, 2.75) is 44.2 Å². The highest BCUT2D eigenvalue weighted by atomic mass is 32.1. The Morgan fingerprint density at radius 2 is 1.85 bits per heavy atom. The second kappa shape index (κ2) is 7.04. The molecule has 2 N–H and O–H groups in total. The van der Waals surface area contributed by atoms with Crippen LogP contribution in [0.4, 0.5) is 0 Å². The Morgan fingerprint density at radius 3 is 2.35 bits per heavy atom. The van der Waals surface area contributed by atoms with E-state index in [-0.39, 0.29) is 6.04 Å². The van der Waals surface area contributed by atoms with Crippen LogP contribution in [0.25, 0.3) is 0 Å². The molecule has 110 valence electrons. The maximum atomic E-state index is 6.01. The Labute approximate surface area is 127 Å². The predicted octanol–water partition coefficient (Wildman–Crippen LogP) is 3.29. The molecule has 0 spiro atoms. The minimum Gasteiger partial charge on any atom is -0.497 e. The SMILES string of the molecule is COc1ccc(C(C(N)=S)N(C)C2CCCCC2)cc1. The van der Waals surface area contributed by atoms with E-state index in [1.165, 1.54) is 32.1 Å². The molecule has 0 radical (unpaired) electrons. The highest BCUT2D eigenvalue weighted by molar-refractivity contribution is 7.80. The first kappa shape index (κ1) is 15.3. The van der Waals surface area contributed by atoms with Crippen molar-refractivity contribution in [3.63, 3.8) is 0 Å². The summed E-state index contributed by atoms with van der Waals surface area (Å²) in [6, 6.07) is 8.64. The summed E-state index contributed by atoms with van der Waals surface area (Å²) in [4.78, 5) is 2.90. The Bertz CT molecular complexity index is 440. The van der Waals surface area contributed by atoms with Gasteiger partial charge in [-0.05, 0) is 37.6 Å². The summed E-state index contributed by atoms with van der Waals surface area (Å²) in [5, 5.41) is 0. The number of thiocarbonyl (C=S) groups is 1. The van der Waals surface area contributed by atoms with Gasteiger partial charge >= 0.3 is 0 Å². The monoisotopic (exact) mass is 292 g/mol. The van der Waals surface area contributed by atoms with Crippen molar-refractivity contribution < 1.29 is 4.74 Å². The van der Waals surface area contributed by atoms with Gasteiger partial charge in [-0.15, -0.1) is 0 Å². The molecule has 1 aromatic rings. The van der Waals surface area contributed by atoms with Crippen LogP contribution in [0.5, 0.6) is 5.75 Å². The third-order valence-corrected chi connectivity index (χ3v) is 4.48. The van der Waals surface area contributed by atoms with Crippen LogP contribution < -0.4 is 10.5 Å². The van der Waals surface area contributed by atoms with E-state index in [0.717, 1.165) is 11.3 Å². The first-order valence-electron chi connectivity index (χ1n) is 7.28. The number of benzene rings is 1. The van der Waals surface area contributed by atoms with Crippen molar-refractivity contribution >= 4 is 17.2 Å². The summed E-state index contributed by atoms with van der Waals surface area (Å²) in [7, 11) is 3.82. The molecule has 0 amide bonds. The van der Waals surface area contributed by atoms with Gasteiger partial charge in [0.25, 0.3) is 0 Å². The van der Waals surface area contributed by atoms with E-state index >= 15 is 0 Å². The topological polar surface area (TPSA) is 38.5 Å². The van der Waals surface area contributed by atoms with Crippen LogP contribution in [0.3, 0.4) is 0 Å². The molecular formula is C16H24N2OS. The van der Waals surface area contributed by atoms with Crippen molar-refractivity contribution in [2.24, 2.45) is 5.73 Å². The van der Waals surface area contributed by atoms with E-state index in [0.29, 0.717) is 11.0 Å². The number of hydrogen-bond donors (Lipinski definition) is 1. The molecule has 1 aliphatic carbocycles. The van der Waals surface area contributed by atoms with Gasteiger partial charge in [0.15, 0.2) is 0 Å². The van der Waals surface area contributed by atoms with Crippen molar-refractivity contribution in [1.82, 2.24) is 4.90 Å². The summed E-state index contributed by atoms with van der Waals surface area (Å²) in [6.45, 7) is 0. The van der Waals surface area contributed by atoms with E-state index in [2.05, 4.69) is 24.1 Å². The van der Waals surface area contributed by atoms with E-state index in [1.54, 1.807) is 7.11 Å². The van der Waals surface area contributed by atoms with Gasteiger partial charge in [-0.2, -0.15) is 0 Å². The van der Waals surface area contributed by atoms with Gasteiger partial charge in [-0.25, -0.2) is 0 Å². The molecule has 1 saturated carbocycles. The normalized spacial score (nSPS) is 17.9. The first-order chi connectivity index (χ1) is 9.63. The molecule has 1 unspecified atom stereocenters. The molecule has 0 saturated heterocycles. The number of likely N-dealkylation sites (N-methyl/N-ethyl adjacent to an activating group) is 1. The zero-order valence-electron chi connectivity index (χ0n) is 12.3. The van der Waals surface area contributed by atoms with E-state index < -0.39 is 0 Å². The zero-order chi connectivity index (χ0) is 14.5. The highest BCUT2D eigenvalue weighted by Gasteiger charge is 2.27. The van der Waals surface area contributed by atoms with E-state index in [9.17, 15) is 0 Å². The maximum absolute atomic E-state index is 6.01. The number of nitrogens with zero attached hydrogens (tertiary/aromatic N) is 1. The second-order valence-electron chi connectivity index (χ2n) is 5.54. The lowest BCUT2D eigenvalue weighted by Crippen LogP contribution is -2.41. The lowest BCUT2D eigenvalue weighted by atomic mass is 9.92. The van der Waals surface area contributed by atoms with Crippen molar-refractivity contribution in [3.05, 3.63) is 29.8 Å². The van der Waals surface area contributed by atoms with Gasteiger partial charge in [0, 0.05) is 6.04 Å². The number of ether oxygens (including phenoxy) is 1. The zero-order valence-corrected chi connectivity index (χ0v) is 13.2.